The summed E-state index contributed by atoms with van der Waals surface area (Å²) in [5.74, 6) is 2.07. The summed E-state index contributed by atoms with van der Waals surface area (Å²) in [6.07, 6.45) is 2.91. The van der Waals surface area contributed by atoms with Crippen LogP contribution < -0.4 is 10.6 Å². The van der Waals surface area contributed by atoms with Gasteiger partial charge in [0, 0.05) is 25.9 Å². The Balaban J connectivity index is 1.86. The van der Waals surface area contributed by atoms with Crippen molar-refractivity contribution in [2.75, 3.05) is 20.2 Å². The van der Waals surface area contributed by atoms with E-state index < -0.39 is 0 Å². The van der Waals surface area contributed by atoms with E-state index >= 15 is 0 Å². The Kier molecular flexibility index (Phi) is 8.08. The topological polar surface area (TPSA) is 76.4 Å². The zero-order chi connectivity index (χ0) is 18.8. The van der Waals surface area contributed by atoms with E-state index in [0.717, 1.165) is 37.0 Å². The van der Waals surface area contributed by atoms with Crippen LogP contribution in [0.2, 0.25) is 0 Å². The first-order valence-electron chi connectivity index (χ1n) is 9.16. The molecule has 0 saturated heterocycles. The molecule has 2 aromatic rings. The van der Waals surface area contributed by atoms with E-state index in [9.17, 15) is 0 Å². The van der Waals surface area contributed by atoms with Gasteiger partial charge in [-0.2, -0.15) is 0 Å². The molecule has 0 bridgehead atoms. The molecule has 0 saturated carbocycles. The fraction of sp³-hybridized carbons (Fsp3) is 0.526. The normalized spacial score (nSPS) is 13.0. The van der Waals surface area contributed by atoms with Crippen LogP contribution in [0.5, 0.6) is 0 Å². The number of nitrogens with one attached hydrogen (secondary N) is 2. The predicted molar refractivity (Wildman–Crippen MR) is 104 cm³/mol. The molecule has 1 unspecified atom stereocenters. The molecule has 1 atom stereocenters. The van der Waals surface area contributed by atoms with Gasteiger partial charge in [0.05, 0.1) is 12.6 Å². The van der Waals surface area contributed by atoms with E-state index in [2.05, 4.69) is 39.7 Å². The average molecular weight is 358 g/mol. The molecule has 0 aliphatic carbocycles. The number of nitrogens with zero attached hydrogens (tertiary/aromatic N) is 4. The SMILES string of the molecule is CCOC(CCNC(=NC)NCc1nncn1-c1ccccc1)C(C)C. The van der Waals surface area contributed by atoms with Crippen molar-refractivity contribution in [2.45, 2.75) is 39.8 Å². The highest BCUT2D eigenvalue weighted by Crippen LogP contribution is 2.10. The lowest BCUT2D eigenvalue weighted by atomic mass is 10.0. The van der Waals surface area contributed by atoms with E-state index in [4.69, 9.17) is 4.74 Å². The number of ether oxygens (including phenoxy) is 1. The van der Waals surface area contributed by atoms with E-state index in [1.807, 2.05) is 41.8 Å². The van der Waals surface area contributed by atoms with Crippen LogP contribution in [0.1, 0.15) is 33.0 Å². The summed E-state index contributed by atoms with van der Waals surface area (Å²) in [6.45, 7) is 8.48. The maximum absolute atomic E-state index is 5.78. The van der Waals surface area contributed by atoms with Crippen molar-refractivity contribution >= 4 is 5.96 Å². The van der Waals surface area contributed by atoms with Crippen molar-refractivity contribution < 1.29 is 4.74 Å². The van der Waals surface area contributed by atoms with Gasteiger partial charge < -0.3 is 15.4 Å². The van der Waals surface area contributed by atoms with Crippen molar-refractivity contribution in [3.05, 3.63) is 42.5 Å². The number of guanidine groups is 1. The summed E-state index contributed by atoms with van der Waals surface area (Å²) in [5, 5.41) is 14.9. The fourth-order valence-electron chi connectivity index (χ4n) is 2.72. The van der Waals surface area contributed by atoms with Gasteiger partial charge in [-0.1, -0.05) is 32.0 Å². The third-order valence-electron chi connectivity index (χ3n) is 4.14. The zero-order valence-corrected chi connectivity index (χ0v) is 16.1. The third kappa shape index (κ3) is 5.84. The van der Waals surface area contributed by atoms with Crippen molar-refractivity contribution in [3.8, 4) is 5.69 Å². The number of aromatic nitrogens is 3. The number of para-hydroxylation sites is 1. The minimum absolute atomic E-state index is 0.256. The summed E-state index contributed by atoms with van der Waals surface area (Å²) in [5.41, 5.74) is 1.04. The lowest BCUT2D eigenvalue weighted by Crippen LogP contribution is -2.39. The van der Waals surface area contributed by atoms with Crippen molar-refractivity contribution in [3.63, 3.8) is 0 Å². The molecule has 7 nitrogen and oxygen atoms in total. The number of benzene rings is 1. The minimum Gasteiger partial charge on any atom is -0.378 e. The van der Waals surface area contributed by atoms with Gasteiger partial charge in [-0.15, -0.1) is 10.2 Å². The van der Waals surface area contributed by atoms with Crippen LogP contribution >= 0.6 is 0 Å². The summed E-state index contributed by atoms with van der Waals surface area (Å²) >= 11 is 0. The molecule has 7 heteroatoms. The molecule has 0 aliphatic heterocycles. The first kappa shape index (κ1) is 19.9. The van der Waals surface area contributed by atoms with Gasteiger partial charge in [-0.05, 0) is 31.4 Å². The van der Waals surface area contributed by atoms with Gasteiger partial charge in [0.25, 0.3) is 0 Å². The lowest BCUT2D eigenvalue weighted by Gasteiger charge is -2.21. The van der Waals surface area contributed by atoms with Gasteiger partial charge in [-0.25, -0.2) is 0 Å². The monoisotopic (exact) mass is 358 g/mol. The Bertz CT molecular complexity index is 668. The van der Waals surface area contributed by atoms with Crippen molar-refractivity contribution in [1.82, 2.24) is 25.4 Å². The molecule has 2 N–H and O–H groups in total. The Labute approximate surface area is 155 Å². The quantitative estimate of drug-likeness (QED) is 0.532. The summed E-state index contributed by atoms with van der Waals surface area (Å²) in [4.78, 5) is 4.27. The Morgan fingerprint density at radius 1 is 1.23 bits per heavy atom. The average Bonchev–Trinajstić information content (AvgIpc) is 3.12. The highest BCUT2D eigenvalue weighted by atomic mass is 16.5. The van der Waals surface area contributed by atoms with Crippen LogP contribution in [0.25, 0.3) is 5.69 Å². The van der Waals surface area contributed by atoms with Crippen LogP contribution in [-0.2, 0) is 11.3 Å². The molecule has 0 radical (unpaired) electrons. The third-order valence-corrected chi connectivity index (χ3v) is 4.14. The largest absolute Gasteiger partial charge is 0.378 e. The summed E-state index contributed by atoms with van der Waals surface area (Å²) in [6, 6.07) is 10.0. The Hall–Kier alpha value is -2.41. The number of hydrogen-bond acceptors (Lipinski definition) is 4. The van der Waals surface area contributed by atoms with Gasteiger partial charge in [0.15, 0.2) is 11.8 Å². The molecule has 26 heavy (non-hydrogen) atoms. The molecule has 0 amide bonds. The first-order valence-corrected chi connectivity index (χ1v) is 9.16. The molecule has 142 valence electrons. The van der Waals surface area contributed by atoms with Crippen molar-refractivity contribution in [2.24, 2.45) is 10.9 Å². The van der Waals surface area contributed by atoms with Gasteiger partial charge in [0.2, 0.25) is 0 Å². The van der Waals surface area contributed by atoms with E-state index in [1.54, 1.807) is 13.4 Å². The first-order chi connectivity index (χ1) is 12.7. The van der Waals surface area contributed by atoms with Crippen LogP contribution in [0.3, 0.4) is 0 Å². The zero-order valence-electron chi connectivity index (χ0n) is 16.1. The number of aliphatic imine (C=N–C) groups is 1. The molecule has 1 heterocycles. The van der Waals surface area contributed by atoms with E-state index in [0.29, 0.717) is 12.5 Å². The maximum Gasteiger partial charge on any atom is 0.191 e. The minimum atomic E-state index is 0.256. The van der Waals surface area contributed by atoms with Gasteiger partial charge in [-0.3, -0.25) is 9.56 Å². The second-order valence-electron chi connectivity index (χ2n) is 6.33. The van der Waals surface area contributed by atoms with E-state index in [1.165, 1.54) is 0 Å². The summed E-state index contributed by atoms with van der Waals surface area (Å²) < 4.78 is 7.74. The van der Waals surface area contributed by atoms with E-state index in [-0.39, 0.29) is 6.10 Å². The second-order valence-corrected chi connectivity index (χ2v) is 6.33. The van der Waals surface area contributed by atoms with Crippen molar-refractivity contribution in [1.29, 1.82) is 0 Å². The molecular formula is C19H30N6O. The Morgan fingerprint density at radius 3 is 2.65 bits per heavy atom. The van der Waals surface area contributed by atoms with Gasteiger partial charge >= 0.3 is 0 Å². The standard InChI is InChI=1S/C19H30N6O/c1-5-26-17(15(2)3)11-12-21-19(20-4)22-13-18-24-23-14-25(18)16-9-7-6-8-10-16/h6-10,14-15,17H,5,11-13H2,1-4H3,(H2,20,21,22). The molecule has 2 rings (SSSR count). The maximum atomic E-state index is 5.78. The predicted octanol–water partition coefficient (Wildman–Crippen LogP) is 2.38. The fourth-order valence-corrected chi connectivity index (χ4v) is 2.72. The summed E-state index contributed by atoms with van der Waals surface area (Å²) in [7, 11) is 1.76. The Morgan fingerprint density at radius 2 is 2.00 bits per heavy atom. The molecule has 1 aromatic heterocycles. The van der Waals surface area contributed by atoms with Crippen LogP contribution in [-0.4, -0.2) is 47.0 Å². The smallest absolute Gasteiger partial charge is 0.191 e. The lowest BCUT2D eigenvalue weighted by molar-refractivity contribution is 0.0258. The van der Waals surface area contributed by atoms with Crippen LogP contribution in [0, 0.1) is 5.92 Å². The molecular weight excluding hydrogens is 328 g/mol. The molecule has 0 fully saturated rings. The molecule has 0 spiro atoms. The number of hydrogen-bond donors (Lipinski definition) is 2. The van der Waals surface area contributed by atoms with Gasteiger partial charge in [0.1, 0.15) is 6.33 Å². The second kappa shape index (κ2) is 10.6. The highest BCUT2D eigenvalue weighted by Gasteiger charge is 2.13. The molecule has 0 aliphatic rings. The molecule has 1 aromatic carbocycles. The number of rotatable bonds is 9. The van der Waals surface area contributed by atoms with Crippen LogP contribution in [0.4, 0.5) is 0 Å². The van der Waals surface area contributed by atoms with Crippen LogP contribution in [0.15, 0.2) is 41.7 Å². The highest BCUT2D eigenvalue weighted by molar-refractivity contribution is 5.79.